The maximum absolute atomic E-state index is 13.0. The first-order valence-electron chi connectivity index (χ1n) is 21.5. The van der Waals surface area contributed by atoms with Crippen LogP contribution in [0.3, 0.4) is 0 Å². The van der Waals surface area contributed by atoms with Gasteiger partial charge in [-0.2, -0.15) is 8.42 Å². The van der Waals surface area contributed by atoms with E-state index in [0.717, 1.165) is 44.9 Å². The van der Waals surface area contributed by atoms with E-state index in [1.165, 1.54) is 89.5 Å². The predicted molar refractivity (Wildman–Crippen MR) is 219 cm³/mol. The lowest BCUT2D eigenvalue weighted by Crippen LogP contribution is -2.61. The molecule has 0 aromatic carbocycles. The molecule has 1 saturated heterocycles. The average molecular weight is 820 g/mol. The Morgan fingerprint density at radius 1 is 0.714 bits per heavy atom. The molecule has 1 aliphatic rings. The number of carbonyl (C=O) groups is 1. The Hall–Kier alpha value is -1.72. The predicted octanol–water partition coefficient (Wildman–Crippen LogP) is 6.52. The van der Waals surface area contributed by atoms with Gasteiger partial charge in [0, 0.05) is 0 Å². The largest absolute Gasteiger partial charge is 0.397 e. The van der Waals surface area contributed by atoms with Crippen molar-refractivity contribution in [3.05, 3.63) is 36.5 Å². The van der Waals surface area contributed by atoms with Gasteiger partial charge in [0.1, 0.15) is 30.5 Å². The molecule has 14 heteroatoms. The van der Waals surface area contributed by atoms with Crippen molar-refractivity contribution in [3.63, 3.8) is 0 Å². The van der Waals surface area contributed by atoms with Crippen molar-refractivity contribution >= 4 is 16.3 Å². The summed E-state index contributed by atoms with van der Waals surface area (Å²) in [5.74, 6) is -0.750. The molecular weight excluding hydrogens is 743 g/mol. The molecule has 0 aromatic heterocycles. The first-order chi connectivity index (χ1) is 26.9. The lowest BCUT2D eigenvalue weighted by Gasteiger charge is -2.41. The fourth-order valence-corrected chi connectivity index (χ4v) is 7.04. The summed E-state index contributed by atoms with van der Waals surface area (Å²) in [6.45, 7) is 3.10. The zero-order chi connectivity index (χ0) is 41.4. The molecule has 13 nitrogen and oxygen atoms in total. The maximum atomic E-state index is 13.0. The van der Waals surface area contributed by atoms with Gasteiger partial charge in [0.15, 0.2) is 6.29 Å². The Kier molecular flexibility index (Phi) is 31.0. The fraction of sp³-hybridized carbons (Fsp3) is 0.833. The summed E-state index contributed by atoms with van der Waals surface area (Å²) in [6, 6.07) is -1.15. The second-order valence-electron chi connectivity index (χ2n) is 15.1. The number of rotatable bonds is 35. The van der Waals surface area contributed by atoms with Crippen molar-refractivity contribution in [2.45, 2.75) is 210 Å². The van der Waals surface area contributed by atoms with Crippen LogP contribution < -0.4 is 5.32 Å². The number of hydrogen-bond acceptors (Lipinski definition) is 11. The highest BCUT2D eigenvalue weighted by molar-refractivity contribution is 7.80. The Labute approximate surface area is 337 Å². The number of nitrogens with one attached hydrogen (secondary N) is 1. The molecule has 8 unspecified atom stereocenters. The third kappa shape index (κ3) is 25.6. The van der Waals surface area contributed by atoms with Crippen molar-refractivity contribution in [1.82, 2.24) is 5.32 Å². The number of ether oxygens (including phenoxy) is 2. The molecule has 1 amide bonds. The van der Waals surface area contributed by atoms with Gasteiger partial charge in [0.25, 0.3) is 0 Å². The van der Waals surface area contributed by atoms with E-state index in [2.05, 4.69) is 35.5 Å². The third-order valence-corrected chi connectivity index (χ3v) is 10.5. The number of hydrogen-bond donors (Lipinski definition) is 7. The first kappa shape index (κ1) is 52.3. The molecule has 0 bridgehead atoms. The normalized spacial score (nSPS) is 22.3. The van der Waals surface area contributed by atoms with Gasteiger partial charge in [0.05, 0.1) is 25.4 Å². The van der Waals surface area contributed by atoms with E-state index in [1.807, 2.05) is 12.2 Å². The molecule has 328 valence electrons. The first-order valence-corrected chi connectivity index (χ1v) is 22.8. The van der Waals surface area contributed by atoms with Crippen LogP contribution in [0.1, 0.15) is 162 Å². The van der Waals surface area contributed by atoms with Gasteiger partial charge in [0.2, 0.25) is 5.91 Å². The molecule has 0 aliphatic carbocycles. The maximum Gasteiger partial charge on any atom is 0.397 e. The van der Waals surface area contributed by atoms with Crippen LogP contribution in [0.4, 0.5) is 0 Å². The molecule has 0 radical (unpaired) electrons. The number of unbranched alkanes of at least 4 members (excludes halogenated alkanes) is 18. The topological polar surface area (TPSA) is 212 Å². The van der Waals surface area contributed by atoms with E-state index >= 15 is 0 Å². The highest BCUT2D eigenvalue weighted by Gasteiger charge is 2.48. The van der Waals surface area contributed by atoms with Crippen LogP contribution in [-0.4, -0.2) is 107 Å². The van der Waals surface area contributed by atoms with Gasteiger partial charge in [-0.1, -0.05) is 147 Å². The summed E-state index contributed by atoms with van der Waals surface area (Å²) in [5.41, 5.74) is 0. The van der Waals surface area contributed by atoms with Crippen molar-refractivity contribution in [3.8, 4) is 0 Å². The second-order valence-corrected chi connectivity index (χ2v) is 16.1. The van der Waals surface area contributed by atoms with Crippen molar-refractivity contribution in [1.29, 1.82) is 0 Å². The lowest BCUT2D eigenvalue weighted by molar-refractivity contribution is -0.298. The van der Waals surface area contributed by atoms with Crippen LogP contribution in [0, 0.1) is 0 Å². The van der Waals surface area contributed by atoms with Crippen LogP contribution in [0.2, 0.25) is 0 Å². The zero-order valence-electron chi connectivity index (χ0n) is 34.3. The quantitative estimate of drug-likeness (QED) is 0.0207. The van der Waals surface area contributed by atoms with E-state index in [-0.39, 0.29) is 6.42 Å². The second kappa shape index (κ2) is 33.1. The fourth-order valence-electron chi connectivity index (χ4n) is 6.54. The molecule has 1 fully saturated rings. The lowest BCUT2D eigenvalue weighted by atomic mass is 9.99. The zero-order valence-corrected chi connectivity index (χ0v) is 35.1. The molecule has 8 atom stereocenters. The highest BCUT2D eigenvalue weighted by Crippen LogP contribution is 2.26. The number of carbonyl (C=O) groups excluding carboxylic acids is 1. The van der Waals surface area contributed by atoms with Crippen molar-refractivity contribution in [2.24, 2.45) is 0 Å². The summed E-state index contributed by atoms with van der Waals surface area (Å²) in [7, 11) is -5.12. The minimum Gasteiger partial charge on any atom is -0.394 e. The summed E-state index contributed by atoms with van der Waals surface area (Å²) >= 11 is 0. The smallest absolute Gasteiger partial charge is 0.394 e. The summed E-state index contributed by atoms with van der Waals surface area (Å²) in [6.07, 6.45) is 25.6. The van der Waals surface area contributed by atoms with E-state index in [0.29, 0.717) is 12.8 Å². The summed E-state index contributed by atoms with van der Waals surface area (Å²) in [5, 5.41) is 54.8. The standard InChI is InChI=1S/C42H77NO12S/c1-3-5-7-9-11-13-14-15-16-17-18-19-20-21-22-23-25-26-28-30-35(45)34(43-41(49)36(46)31-29-27-24-12-10-8-6-4-2)33-53-42-39(48)40(55-56(50,51)52)38(47)37(32-44)54-42/h22-24,27-28,30,34-40,42,44-48H,3-21,25-26,29,31-33H2,1-2H3,(H,43,49)(H,50,51,52)/b23-22+,27-24-,30-28+. The summed E-state index contributed by atoms with van der Waals surface area (Å²) in [4.78, 5) is 13.0. The molecular formula is C42H77NO12S. The SMILES string of the molecule is CCCCCC/C=C\CCC(O)C(=O)NC(COC1OC(CO)C(O)C(OS(=O)(=O)O)C1O)C(O)/C=C/CC/C=C/CCCCCCCCCCCCCCC. The van der Waals surface area contributed by atoms with E-state index in [9.17, 15) is 38.7 Å². The molecule has 1 aliphatic heterocycles. The molecule has 0 spiro atoms. The Balaban J connectivity index is 2.63. The van der Waals surface area contributed by atoms with Gasteiger partial charge < -0.3 is 40.3 Å². The number of allylic oxidation sites excluding steroid dienone is 5. The van der Waals surface area contributed by atoms with Gasteiger partial charge in [-0.3, -0.25) is 9.35 Å². The number of aliphatic hydroxyl groups excluding tert-OH is 5. The van der Waals surface area contributed by atoms with Crippen molar-refractivity contribution < 1.29 is 57.0 Å². The van der Waals surface area contributed by atoms with Crippen LogP contribution in [0.5, 0.6) is 0 Å². The molecule has 1 heterocycles. The van der Waals surface area contributed by atoms with Gasteiger partial charge >= 0.3 is 10.4 Å². The monoisotopic (exact) mass is 820 g/mol. The molecule has 7 N–H and O–H groups in total. The van der Waals surface area contributed by atoms with Crippen LogP contribution >= 0.6 is 0 Å². The minimum absolute atomic E-state index is 0.150. The van der Waals surface area contributed by atoms with Crippen LogP contribution in [0.15, 0.2) is 36.5 Å². The summed E-state index contributed by atoms with van der Waals surface area (Å²) < 4.78 is 47.3. The van der Waals surface area contributed by atoms with Crippen molar-refractivity contribution in [2.75, 3.05) is 13.2 Å². The Bertz CT molecular complexity index is 1170. The van der Waals surface area contributed by atoms with Gasteiger partial charge in [-0.25, -0.2) is 4.18 Å². The number of amides is 1. The van der Waals surface area contributed by atoms with Crippen LogP contribution in [0.25, 0.3) is 0 Å². The van der Waals surface area contributed by atoms with Crippen LogP contribution in [-0.2, 0) is 28.9 Å². The van der Waals surface area contributed by atoms with E-state index in [4.69, 9.17) is 14.0 Å². The third-order valence-electron chi connectivity index (χ3n) is 10.0. The minimum atomic E-state index is -5.12. The molecule has 56 heavy (non-hydrogen) atoms. The number of aliphatic hydroxyl groups is 5. The van der Waals surface area contributed by atoms with E-state index in [1.54, 1.807) is 6.08 Å². The average Bonchev–Trinajstić information content (AvgIpc) is 3.16. The molecule has 1 rings (SSSR count). The molecule has 0 aromatic rings. The van der Waals surface area contributed by atoms with Gasteiger partial charge in [-0.15, -0.1) is 0 Å². The Morgan fingerprint density at radius 3 is 1.73 bits per heavy atom. The molecule has 0 saturated carbocycles. The van der Waals surface area contributed by atoms with E-state index < -0.39 is 78.5 Å². The van der Waals surface area contributed by atoms with Gasteiger partial charge in [-0.05, 0) is 51.4 Å². The Morgan fingerprint density at radius 2 is 1.20 bits per heavy atom. The highest BCUT2D eigenvalue weighted by atomic mass is 32.3.